The molecule has 2 aromatic rings. The Morgan fingerprint density at radius 3 is 2.72 bits per heavy atom. The number of aromatic nitrogens is 3. The topological polar surface area (TPSA) is 77.0 Å². The van der Waals surface area contributed by atoms with Crippen LogP contribution in [0.3, 0.4) is 0 Å². The third kappa shape index (κ3) is 1.70. The van der Waals surface area contributed by atoms with Crippen LogP contribution in [-0.2, 0) is 11.8 Å². The number of hydrogen-bond acceptors (Lipinski definition) is 4. The Kier molecular flexibility index (Phi) is 2.94. The van der Waals surface area contributed by atoms with E-state index in [1.54, 1.807) is 27.8 Å². The van der Waals surface area contributed by atoms with Crippen molar-refractivity contribution in [1.29, 1.82) is 0 Å². The van der Waals surface area contributed by atoms with Crippen molar-refractivity contribution < 1.29 is 9.53 Å². The third-order valence-electron chi connectivity index (χ3n) is 2.92. The lowest BCUT2D eigenvalue weighted by Crippen LogP contribution is -2.20. The van der Waals surface area contributed by atoms with Gasteiger partial charge in [0.05, 0.1) is 6.61 Å². The second kappa shape index (κ2) is 4.29. The third-order valence-corrected chi connectivity index (χ3v) is 2.92. The summed E-state index contributed by atoms with van der Waals surface area (Å²) < 4.78 is 6.42. The number of esters is 1. The highest BCUT2D eigenvalue weighted by Gasteiger charge is 2.21. The molecule has 96 valence electrons. The van der Waals surface area contributed by atoms with Gasteiger partial charge in [0.25, 0.3) is 5.56 Å². The monoisotopic (exact) mass is 249 g/mol. The zero-order valence-electron chi connectivity index (χ0n) is 10.8. The summed E-state index contributed by atoms with van der Waals surface area (Å²) in [6.45, 7) is 5.47. The van der Waals surface area contributed by atoms with Crippen LogP contribution in [0.25, 0.3) is 11.0 Å². The molecule has 1 N–H and O–H groups in total. The maximum Gasteiger partial charge on any atom is 0.342 e. The van der Waals surface area contributed by atoms with Crippen LogP contribution < -0.4 is 5.56 Å². The average molecular weight is 249 g/mol. The fourth-order valence-corrected chi connectivity index (χ4v) is 1.88. The van der Waals surface area contributed by atoms with E-state index >= 15 is 0 Å². The molecule has 0 amide bonds. The summed E-state index contributed by atoms with van der Waals surface area (Å²) in [6.07, 6.45) is 0. The summed E-state index contributed by atoms with van der Waals surface area (Å²) in [5.74, 6) is 0.0958. The first kappa shape index (κ1) is 12.3. The van der Waals surface area contributed by atoms with Gasteiger partial charge in [-0.1, -0.05) is 0 Å². The maximum atomic E-state index is 12.0. The maximum absolute atomic E-state index is 12.0. The number of carbonyl (C=O) groups excluding carboxylic acids is 1. The van der Waals surface area contributed by atoms with Crippen molar-refractivity contribution in [2.24, 2.45) is 7.05 Å². The molecule has 0 saturated carbocycles. The van der Waals surface area contributed by atoms with Crippen LogP contribution in [0.5, 0.6) is 0 Å². The first-order valence-electron chi connectivity index (χ1n) is 5.70. The Balaban J connectivity index is 2.80. The molecule has 0 aliphatic heterocycles. The molecule has 0 aliphatic carbocycles. The highest BCUT2D eigenvalue weighted by molar-refractivity contribution is 6.03. The molecule has 2 rings (SSSR count). The number of ether oxygens (including phenoxy) is 1. The van der Waals surface area contributed by atoms with Crippen molar-refractivity contribution in [2.75, 3.05) is 6.61 Å². The van der Waals surface area contributed by atoms with E-state index in [4.69, 9.17) is 4.74 Å². The van der Waals surface area contributed by atoms with Gasteiger partial charge in [0.2, 0.25) is 0 Å². The summed E-state index contributed by atoms with van der Waals surface area (Å²) in [7, 11) is 1.64. The molecule has 6 heteroatoms. The Labute approximate surface area is 104 Å². The minimum Gasteiger partial charge on any atom is -0.462 e. The largest absolute Gasteiger partial charge is 0.462 e. The molecule has 0 radical (unpaired) electrons. The normalized spacial score (nSPS) is 10.9. The fraction of sp³-hybridized carbons (Fsp3) is 0.417. The Morgan fingerprint density at radius 2 is 2.11 bits per heavy atom. The molecular weight excluding hydrogens is 234 g/mol. The van der Waals surface area contributed by atoms with Crippen molar-refractivity contribution in [3.05, 3.63) is 27.4 Å². The van der Waals surface area contributed by atoms with Crippen molar-refractivity contribution >= 4 is 17.0 Å². The van der Waals surface area contributed by atoms with Crippen molar-refractivity contribution in [3.8, 4) is 0 Å². The molecule has 2 aromatic heterocycles. The van der Waals surface area contributed by atoms with Crippen molar-refractivity contribution in [3.63, 3.8) is 0 Å². The van der Waals surface area contributed by atoms with E-state index in [0.717, 1.165) is 0 Å². The predicted octanol–water partition coefficient (Wildman–Crippen LogP) is 1.06. The number of aromatic amines is 1. The van der Waals surface area contributed by atoms with E-state index in [-0.39, 0.29) is 12.2 Å². The molecule has 0 bridgehead atoms. The second-order valence-electron chi connectivity index (χ2n) is 4.09. The van der Waals surface area contributed by atoms with E-state index in [2.05, 4.69) is 9.97 Å². The van der Waals surface area contributed by atoms with Crippen LogP contribution in [0, 0.1) is 13.8 Å². The Hall–Kier alpha value is -2.11. The molecule has 6 nitrogen and oxygen atoms in total. The van der Waals surface area contributed by atoms with Crippen LogP contribution in [0.2, 0.25) is 0 Å². The van der Waals surface area contributed by atoms with E-state index < -0.39 is 5.97 Å². The second-order valence-corrected chi connectivity index (χ2v) is 4.09. The lowest BCUT2D eigenvalue weighted by molar-refractivity contribution is 0.0527. The highest BCUT2D eigenvalue weighted by atomic mass is 16.5. The van der Waals surface area contributed by atoms with Gasteiger partial charge in [0.1, 0.15) is 22.4 Å². The molecule has 0 fully saturated rings. The van der Waals surface area contributed by atoms with Crippen LogP contribution in [0.4, 0.5) is 0 Å². The van der Waals surface area contributed by atoms with Gasteiger partial charge < -0.3 is 9.72 Å². The zero-order chi connectivity index (χ0) is 13.4. The lowest BCUT2D eigenvalue weighted by atomic mass is 10.2. The SMILES string of the molecule is CCOC(=O)c1c(C)[nH]c2c(=O)n(C)c(C)nc12. The number of fused-ring (bicyclic) bond motifs is 1. The van der Waals surface area contributed by atoms with Gasteiger partial charge in [-0.15, -0.1) is 0 Å². The number of carbonyl (C=O) groups is 1. The predicted molar refractivity (Wildman–Crippen MR) is 66.8 cm³/mol. The minimum absolute atomic E-state index is 0.198. The zero-order valence-corrected chi connectivity index (χ0v) is 10.8. The number of aryl methyl sites for hydroxylation is 2. The van der Waals surface area contributed by atoms with Crippen LogP contribution in [-0.4, -0.2) is 27.1 Å². The summed E-state index contributed by atoms with van der Waals surface area (Å²) in [5, 5.41) is 0. The first-order valence-corrected chi connectivity index (χ1v) is 5.70. The van der Waals surface area contributed by atoms with Crippen LogP contribution in [0.1, 0.15) is 28.8 Å². The molecule has 0 spiro atoms. The summed E-state index contributed by atoms with van der Waals surface area (Å²) in [5.41, 5.74) is 1.46. The van der Waals surface area contributed by atoms with Crippen molar-refractivity contribution in [2.45, 2.75) is 20.8 Å². The average Bonchev–Trinajstić information content (AvgIpc) is 2.63. The molecule has 0 saturated heterocycles. The Bertz CT molecular complexity index is 682. The number of nitrogens with zero attached hydrogens (tertiary/aromatic N) is 2. The molecule has 0 aromatic carbocycles. The molecule has 0 aliphatic rings. The van der Waals surface area contributed by atoms with Gasteiger partial charge in [0.15, 0.2) is 0 Å². The van der Waals surface area contributed by atoms with Gasteiger partial charge in [-0.2, -0.15) is 0 Å². The van der Waals surface area contributed by atoms with Crippen LogP contribution >= 0.6 is 0 Å². The van der Waals surface area contributed by atoms with E-state index in [9.17, 15) is 9.59 Å². The van der Waals surface area contributed by atoms with E-state index in [1.165, 1.54) is 4.57 Å². The van der Waals surface area contributed by atoms with E-state index in [0.29, 0.717) is 28.1 Å². The van der Waals surface area contributed by atoms with Gasteiger partial charge in [-0.3, -0.25) is 9.36 Å². The summed E-state index contributed by atoms with van der Waals surface area (Å²) in [6, 6.07) is 0. The number of nitrogens with one attached hydrogen (secondary N) is 1. The smallest absolute Gasteiger partial charge is 0.342 e. The van der Waals surface area contributed by atoms with Gasteiger partial charge in [-0.05, 0) is 20.8 Å². The molecular formula is C12H15N3O3. The standard InChI is InChI=1S/C12H15N3O3/c1-5-18-12(17)8-6(2)13-10-9(8)14-7(3)15(4)11(10)16/h13H,5H2,1-4H3. The Morgan fingerprint density at radius 1 is 1.44 bits per heavy atom. The molecule has 2 heterocycles. The number of rotatable bonds is 2. The molecule has 18 heavy (non-hydrogen) atoms. The minimum atomic E-state index is -0.457. The molecule has 0 unspecified atom stereocenters. The van der Waals surface area contributed by atoms with Crippen LogP contribution in [0.15, 0.2) is 4.79 Å². The summed E-state index contributed by atoms with van der Waals surface area (Å²) in [4.78, 5) is 31.1. The summed E-state index contributed by atoms with van der Waals surface area (Å²) >= 11 is 0. The van der Waals surface area contributed by atoms with E-state index in [1.807, 2.05) is 0 Å². The number of hydrogen-bond donors (Lipinski definition) is 1. The van der Waals surface area contributed by atoms with Gasteiger partial charge in [0, 0.05) is 12.7 Å². The highest BCUT2D eigenvalue weighted by Crippen LogP contribution is 2.18. The van der Waals surface area contributed by atoms with Crippen molar-refractivity contribution in [1.82, 2.24) is 14.5 Å². The van der Waals surface area contributed by atoms with Gasteiger partial charge >= 0.3 is 5.97 Å². The lowest BCUT2D eigenvalue weighted by Gasteiger charge is -2.03. The number of H-pyrrole nitrogens is 1. The molecule has 0 atom stereocenters. The first-order chi connectivity index (χ1) is 8.47. The van der Waals surface area contributed by atoms with Gasteiger partial charge in [-0.25, -0.2) is 9.78 Å². The quantitative estimate of drug-likeness (QED) is 0.807. The fourth-order valence-electron chi connectivity index (χ4n) is 1.88.